The molecule has 0 spiro atoms. The molecule has 1 aromatic carbocycles. The van der Waals surface area contributed by atoms with Gasteiger partial charge in [0.05, 0.1) is 16.4 Å². The Morgan fingerprint density at radius 2 is 2.14 bits per heavy atom. The highest BCUT2D eigenvalue weighted by molar-refractivity contribution is 9.10. The predicted molar refractivity (Wildman–Crippen MR) is 80.5 cm³/mol. The number of aryl methyl sites for hydroxylation is 1. The van der Waals surface area contributed by atoms with Crippen LogP contribution in [-0.2, 0) is 23.6 Å². The lowest BCUT2D eigenvalue weighted by Gasteiger charge is -2.10. The Hall–Kier alpha value is -1.45. The highest BCUT2D eigenvalue weighted by atomic mass is 79.9. The first kappa shape index (κ1) is 15.9. The molecule has 0 aliphatic rings. The van der Waals surface area contributed by atoms with E-state index in [1.807, 2.05) is 6.92 Å². The van der Waals surface area contributed by atoms with Crippen molar-refractivity contribution in [3.05, 3.63) is 39.9 Å². The summed E-state index contributed by atoms with van der Waals surface area (Å²) in [5.74, 6) is -0.616. The molecule has 0 atom stereocenters. The maximum absolute atomic E-state index is 13.3. The van der Waals surface area contributed by atoms with Crippen LogP contribution in [0.15, 0.2) is 27.7 Å². The van der Waals surface area contributed by atoms with E-state index in [0.29, 0.717) is 0 Å². The average molecular weight is 377 g/mol. The smallest absolute Gasteiger partial charge is 0.242 e. The van der Waals surface area contributed by atoms with E-state index in [0.717, 1.165) is 23.4 Å². The summed E-state index contributed by atoms with van der Waals surface area (Å²) in [5, 5.41) is 4.03. The maximum Gasteiger partial charge on any atom is 0.242 e. The molecule has 9 heteroatoms. The lowest BCUT2D eigenvalue weighted by atomic mass is 10.3. The highest BCUT2D eigenvalue weighted by Crippen LogP contribution is 2.26. The number of nitrogens with one attached hydrogen (secondary N) is 1. The number of benzene rings is 1. The molecular formula is C12H14BrFN4O2S. The van der Waals surface area contributed by atoms with Gasteiger partial charge in [-0.2, -0.15) is 5.10 Å². The van der Waals surface area contributed by atoms with Crippen LogP contribution in [0.5, 0.6) is 0 Å². The van der Waals surface area contributed by atoms with Crippen molar-refractivity contribution in [1.29, 1.82) is 0 Å². The molecule has 0 amide bonds. The van der Waals surface area contributed by atoms with Gasteiger partial charge in [-0.3, -0.25) is 4.68 Å². The number of hydrogen-bond acceptors (Lipinski definition) is 4. The number of rotatable bonds is 4. The van der Waals surface area contributed by atoms with Crippen LogP contribution in [0.3, 0.4) is 0 Å². The van der Waals surface area contributed by atoms with E-state index in [9.17, 15) is 12.8 Å². The predicted octanol–water partition coefficient (Wildman–Crippen LogP) is 1.69. The Kier molecular flexibility index (Phi) is 4.35. The molecule has 1 aromatic heterocycles. The van der Waals surface area contributed by atoms with Gasteiger partial charge in [0.2, 0.25) is 10.0 Å². The van der Waals surface area contributed by atoms with Crippen LogP contribution in [-0.4, -0.2) is 18.2 Å². The van der Waals surface area contributed by atoms with Crippen LogP contribution >= 0.6 is 15.9 Å². The molecule has 114 valence electrons. The average Bonchev–Trinajstić information content (AvgIpc) is 2.72. The molecule has 0 unspecified atom stereocenters. The fraction of sp³-hybridized carbons (Fsp3) is 0.250. The fourth-order valence-electron chi connectivity index (χ4n) is 1.74. The summed E-state index contributed by atoms with van der Waals surface area (Å²) in [6.45, 7) is 1.91. The fourth-order valence-corrected chi connectivity index (χ4v) is 3.38. The van der Waals surface area contributed by atoms with E-state index in [4.69, 9.17) is 5.73 Å². The van der Waals surface area contributed by atoms with Gasteiger partial charge in [0.1, 0.15) is 10.7 Å². The minimum atomic E-state index is -3.84. The third kappa shape index (κ3) is 3.25. The quantitative estimate of drug-likeness (QED) is 0.794. The Balaban J connectivity index is 2.27. The molecule has 0 aliphatic carbocycles. The second-order valence-corrected chi connectivity index (χ2v) is 7.10. The Labute approximate surface area is 130 Å². The van der Waals surface area contributed by atoms with Crippen molar-refractivity contribution in [1.82, 2.24) is 14.5 Å². The summed E-state index contributed by atoms with van der Waals surface area (Å²) >= 11 is 2.95. The first-order chi connectivity index (χ1) is 9.72. The number of hydrogen-bond donors (Lipinski definition) is 2. The van der Waals surface area contributed by atoms with Crippen molar-refractivity contribution in [2.45, 2.75) is 18.4 Å². The lowest BCUT2D eigenvalue weighted by molar-refractivity contribution is 0.580. The van der Waals surface area contributed by atoms with Gasteiger partial charge < -0.3 is 5.73 Å². The molecular weight excluding hydrogens is 363 g/mol. The van der Waals surface area contributed by atoms with Gasteiger partial charge in [0, 0.05) is 24.8 Å². The van der Waals surface area contributed by atoms with E-state index in [1.165, 1.54) is 0 Å². The van der Waals surface area contributed by atoms with Crippen LogP contribution < -0.4 is 10.5 Å². The molecule has 1 heterocycles. The van der Waals surface area contributed by atoms with Gasteiger partial charge in [0.25, 0.3) is 0 Å². The normalized spacial score (nSPS) is 11.8. The number of nitrogens with zero attached hydrogens (tertiary/aromatic N) is 2. The first-order valence-corrected chi connectivity index (χ1v) is 8.21. The molecule has 21 heavy (non-hydrogen) atoms. The highest BCUT2D eigenvalue weighted by Gasteiger charge is 2.20. The Bertz CT molecular complexity index is 789. The van der Waals surface area contributed by atoms with Crippen LogP contribution in [0.4, 0.5) is 10.1 Å². The zero-order valence-electron chi connectivity index (χ0n) is 11.4. The van der Waals surface area contributed by atoms with Crippen molar-refractivity contribution in [3.8, 4) is 0 Å². The van der Waals surface area contributed by atoms with Crippen molar-refractivity contribution in [2.75, 3.05) is 5.73 Å². The van der Waals surface area contributed by atoms with Crippen molar-refractivity contribution in [3.63, 3.8) is 0 Å². The van der Waals surface area contributed by atoms with Gasteiger partial charge in [0.15, 0.2) is 0 Å². The Morgan fingerprint density at radius 3 is 2.71 bits per heavy atom. The SMILES string of the molecule is Cc1c(CNS(=O)(=O)c2cc(Br)c(F)cc2N)cnn1C. The number of nitrogens with two attached hydrogens (primary N) is 1. The van der Waals surface area contributed by atoms with Gasteiger partial charge in [-0.15, -0.1) is 0 Å². The van der Waals surface area contributed by atoms with Crippen molar-refractivity contribution in [2.24, 2.45) is 7.05 Å². The van der Waals surface area contributed by atoms with Crippen LogP contribution in [0.2, 0.25) is 0 Å². The molecule has 0 fully saturated rings. The zero-order chi connectivity index (χ0) is 15.8. The van der Waals surface area contributed by atoms with Crippen LogP contribution in [0.1, 0.15) is 11.3 Å². The van der Waals surface area contributed by atoms with Crippen LogP contribution in [0, 0.1) is 12.7 Å². The molecule has 3 N–H and O–H groups in total. The standard InChI is InChI=1S/C12H14BrFN4O2S/c1-7-8(5-16-18(7)2)6-17-21(19,20)12-3-9(13)10(14)4-11(12)15/h3-5,17H,6,15H2,1-2H3. The van der Waals surface area contributed by atoms with E-state index >= 15 is 0 Å². The molecule has 2 aromatic rings. The van der Waals surface area contributed by atoms with Crippen molar-refractivity contribution >= 4 is 31.6 Å². The van der Waals surface area contributed by atoms with Gasteiger partial charge in [-0.25, -0.2) is 17.5 Å². The number of nitrogen functional groups attached to an aromatic ring is 1. The molecule has 0 radical (unpaired) electrons. The van der Waals surface area contributed by atoms with Crippen molar-refractivity contribution < 1.29 is 12.8 Å². The first-order valence-electron chi connectivity index (χ1n) is 5.94. The summed E-state index contributed by atoms with van der Waals surface area (Å²) in [6.07, 6.45) is 1.59. The van der Waals surface area contributed by atoms with E-state index in [-0.39, 0.29) is 21.6 Å². The molecule has 6 nitrogen and oxygen atoms in total. The number of aromatic nitrogens is 2. The summed E-state index contributed by atoms with van der Waals surface area (Å²) in [6, 6.07) is 2.11. The second kappa shape index (κ2) is 5.74. The summed E-state index contributed by atoms with van der Waals surface area (Å²) in [4.78, 5) is -0.169. The second-order valence-electron chi connectivity index (χ2n) is 4.51. The maximum atomic E-state index is 13.3. The zero-order valence-corrected chi connectivity index (χ0v) is 13.8. The lowest BCUT2D eigenvalue weighted by Crippen LogP contribution is -2.24. The van der Waals surface area contributed by atoms with E-state index < -0.39 is 15.8 Å². The molecule has 0 aliphatic heterocycles. The topological polar surface area (TPSA) is 90.0 Å². The third-order valence-electron chi connectivity index (χ3n) is 3.13. The van der Waals surface area contributed by atoms with Crippen LogP contribution in [0.25, 0.3) is 0 Å². The van der Waals surface area contributed by atoms with E-state index in [2.05, 4.69) is 25.8 Å². The van der Waals surface area contributed by atoms with Gasteiger partial charge in [-0.1, -0.05) is 0 Å². The number of sulfonamides is 1. The molecule has 0 saturated carbocycles. The molecule has 2 rings (SSSR count). The number of halogens is 2. The molecule has 0 bridgehead atoms. The summed E-state index contributed by atoms with van der Waals surface area (Å²) in [7, 11) is -2.08. The monoisotopic (exact) mass is 376 g/mol. The molecule has 0 saturated heterocycles. The Morgan fingerprint density at radius 1 is 1.48 bits per heavy atom. The number of anilines is 1. The van der Waals surface area contributed by atoms with E-state index in [1.54, 1.807) is 17.9 Å². The minimum Gasteiger partial charge on any atom is -0.398 e. The minimum absolute atomic E-state index is 0.0367. The summed E-state index contributed by atoms with van der Waals surface area (Å²) < 4.78 is 41.9. The van der Waals surface area contributed by atoms with Gasteiger partial charge in [-0.05, 0) is 35.0 Å². The van der Waals surface area contributed by atoms with Gasteiger partial charge >= 0.3 is 0 Å². The largest absolute Gasteiger partial charge is 0.398 e. The summed E-state index contributed by atoms with van der Waals surface area (Å²) in [5.41, 5.74) is 7.04. The third-order valence-corrected chi connectivity index (χ3v) is 5.20.